The topological polar surface area (TPSA) is 92.3 Å². The van der Waals surface area contributed by atoms with E-state index in [9.17, 15) is 16.8 Å². The summed E-state index contributed by atoms with van der Waals surface area (Å²) in [6.45, 7) is 0.847. The van der Waals surface area contributed by atoms with Crippen LogP contribution in [0.15, 0.2) is 18.2 Å². The van der Waals surface area contributed by atoms with Gasteiger partial charge in [-0.2, -0.15) is 0 Å². The molecule has 1 aliphatic rings. The molecule has 0 aromatic heterocycles. The molecule has 1 heterocycles. The number of benzene rings is 1. The molecule has 1 aromatic rings. The molecule has 2 N–H and O–H groups in total. The second kappa shape index (κ2) is 5.01. The normalized spacial score (nSPS) is 14.8. The molecular weight excluding hydrogens is 288 g/mol. The second-order valence-corrected chi connectivity index (χ2v) is 8.70. The van der Waals surface area contributed by atoms with E-state index in [0.29, 0.717) is 5.69 Å². The largest absolute Gasteiger partial charge is 0.384 e. The summed E-state index contributed by atoms with van der Waals surface area (Å²) in [5.41, 5.74) is 2.54. The molecule has 0 aliphatic carbocycles. The smallest absolute Gasteiger partial charge is 0.233 e. The molecule has 0 unspecified atom stereocenters. The van der Waals surface area contributed by atoms with Crippen LogP contribution in [0.1, 0.15) is 5.56 Å². The average molecular weight is 304 g/mol. The highest BCUT2D eigenvalue weighted by atomic mass is 32.2. The molecule has 0 fully saturated rings. The third-order valence-corrected chi connectivity index (χ3v) is 5.30. The summed E-state index contributed by atoms with van der Waals surface area (Å²) in [6.07, 6.45) is 1.87. The zero-order chi connectivity index (χ0) is 14.1. The Balaban J connectivity index is 2.08. The highest BCUT2D eigenvalue weighted by Crippen LogP contribution is 2.25. The summed E-state index contributed by atoms with van der Waals surface area (Å²) < 4.78 is 47.9. The summed E-state index contributed by atoms with van der Waals surface area (Å²) in [4.78, 5) is 0. The number of hydrogen-bond acceptors (Lipinski definition) is 5. The Bertz CT molecular complexity index is 681. The maximum absolute atomic E-state index is 11.8. The Kier molecular flexibility index (Phi) is 3.73. The maximum Gasteiger partial charge on any atom is 0.233 e. The van der Waals surface area contributed by atoms with Gasteiger partial charge in [0.25, 0.3) is 0 Å². The van der Waals surface area contributed by atoms with Gasteiger partial charge < -0.3 is 5.32 Å². The minimum absolute atomic E-state index is 0.380. The van der Waals surface area contributed by atoms with Crippen LogP contribution in [0.3, 0.4) is 0 Å². The maximum atomic E-state index is 11.8. The van der Waals surface area contributed by atoms with Crippen LogP contribution in [-0.4, -0.2) is 41.1 Å². The van der Waals surface area contributed by atoms with Gasteiger partial charge >= 0.3 is 0 Å². The molecule has 0 atom stereocenters. The predicted octanol–water partition coefficient (Wildman–Crippen LogP) is 0.441. The fraction of sp³-hybridized carbons (Fsp3) is 0.455. The summed E-state index contributed by atoms with van der Waals surface area (Å²) in [7, 11) is -6.92. The Labute approximate surface area is 113 Å². The molecule has 19 heavy (non-hydrogen) atoms. The van der Waals surface area contributed by atoms with Crippen molar-refractivity contribution in [2.45, 2.75) is 6.42 Å². The molecule has 0 saturated heterocycles. The lowest BCUT2D eigenvalue weighted by Crippen LogP contribution is -2.22. The van der Waals surface area contributed by atoms with Gasteiger partial charge in [0.05, 0.1) is 11.5 Å². The van der Waals surface area contributed by atoms with Crippen LogP contribution in [0.2, 0.25) is 0 Å². The van der Waals surface area contributed by atoms with Gasteiger partial charge in [0.15, 0.2) is 0 Å². The predicted molar refractivity (Wildman–Crippen MR) is 75.8 cm³/mol. The zero-order valence-corrected chi connectivity index (χ0v) is 12.1. The molecule has 6 nitrogen and oxygen atoms in total. The van der Waals surface area contributed by atoms with Crippen molar-refractivity contribution < 1.29 is 16.8 Å². The third kappa shape index (κ3) is 4.10. The van der Waals surface area contributed by atoms with Crippen LogP contribution in [0.4, 0.5) is 11.4 Å². The molecule has 0 spiro atoms. The summed E-state index contributed by atoms with van der Waals surface area (Å²) in [6, 6.07) is 5.25. The average Bonchev–Trinajstić information content (AvgIpc) is 2.72. The molecule has 0 radical (unpaired) electrons. The van der Waals surface area contributed by atoms with Crippen molar-refractivity contribution in [3.8, 4) is 0 Å². The third-order valence-electron chi connectivity index (χ3n) is 2.81. The van der Waals surface area contributed by atoms with Gasteiger partial charge in [-0.25, -0.2) is 16.8 Å². The minimum Gasteiger partial charge on any atom is -0.384 e. The van der Waals surface area contributed by atoms with Crippen LogP contribution < -0.4 is 10.0 Å². The summed E-state index contributed by atoms with van der Waals surface area (Å²) in [5, 5.41) is 3.18. The molecule has 0 amide bonds. The van der Waals surface area contributed by atoms with E-state index in [-0.39, 0.29) is 5.75 Å². The minimum atomic E-state index is -3.63. The quantitative estimate of drug-likeness (QED) is 0.823. The van der Waals surface area contributed by atoms with Gasteiger partial charge in [-0.05, 0) is 30.2 Å². The highest BCUT2D eigenvalue weighted by Gasteiger charge is 2.16. The first kappa shape index (κ1) is 14.1. The van der Waals surface area contributed by atoms with Gasteiger partial charge in [-0.1, -0.05) is 0 Å². The van der Waals surface area contributed by atoms with E-state index in [0.717, 1.165) is 30.5 Å². The Morgan fingerprint density at radius 2 is 1.95 bits per heavy atom. The van der Waals surface area contributed by atoms with Gasteiger partial charge in [0, 0.05) is 24.2 Å². The molecule has 1 aliphatic heterocycles. The molecule has 0 saturated carbocycles. The van der Waals surface area contributed by atoms with E-state index >= 15 is 0 Å². The Morgan fingerprint density at radius 1 is 1.21 bits per heavy atom. The summed E-state index contributed by atoms with van der Waals surface area (Å²) >= 11 is 0. The van der Waals surface area contributed by atoms with E-state index < -0.39 is 25.6 Å². The highest BCUT2D eigenvalue weighted by molar-refractivity contribution is 7.95. The lowest BCUT2D eigenvalue weighted by Gasteiger charge is -2.09. The van der Waals surface area contributed by atoms with E-state index in [4.69, 9.17) is 0 Å². The van der Waals surface area contributed by atoms with E-state index in [1.54, 1.807) is 12.1 Å². The first-order valence-corrected chi connectivity index (χ1v) is 9.51. The zero-order valence-electron chi connectivity index (χ0n) is 10.5. The molecule has 1 aromatic carbocycles. The van der Waals surface area contributed by atoms with E-state index in [1.165, 1.54) is 0 Å². The monoisotopic (exact) mass is 304 g/mol. The lowest BCUT2D eigenvalue weighted by molar-refractivity contribution is 0.593. The van der Waals surface area contributed by atoms with Gasteiger partial charge in [0.1, 0.15) is 9.84 Å². The Morgan fingerprint density at radius 3 is 2.63 bits per heavy atom. The molecule has 106 valence electrons. The van der Waals surface area contributed by atoms with Crippen molar-refractivity contribution in [3.05, 3.63) is 23.8 Å². The van der Waals surface area contributed by atoms with Crippen LogP contribution in [0, 0.1) is 0 Å². The Hall–Kier alpha value is -1.28. The van der Waals surface area contributed by atoms with Crippen molar-refractivity contribution in [1.82, 2.24) is 0 Å². The number of sulfone groups is 1. The van der Waals surface area contributed by atoms with E-state index in [2.05, 4.69) is 10.0 Å². The number of sulfonamides is 1. The molecular formula is C11H16N2O4S2. The number of nitrogens with one attached hydrogen (secondary N) is 2. The van der Waals surface area contributed by atoms with Crippen LogP contribution in [0.25, 0.3) is 0 Å². The lowest BCUT2D eigenvalue weighted by atomic mass is 10.1. The van der Waals surface area contributed by atoms with Gasteiger partial charge in [-0.15, -0.1) is 0 Å². The fourth-order valence-electron chi connectivity index (χ4n) is 1.86. The van der Waals surface area contributed by atoms with Crippen molar-refractivity contribution >= 4 is 31.2 Å². The second-order valence-electron chi connectivity index (χ2n) is 4.60. The van der Waals surface area contributed by atoms with Crippen molar-refractivity contribution in [1.29, 1.82) is 0 Å². The number of hydrogen-bond donors (Lipinski definition) is 2. The van der Waals surface area contributed by atoms with E-state index in [1.807, 2.05) is 6.07 Å². The number of anilines is 2. The molecule has 2 rings (SSSR count). The first-order chi connectivity index (χ1) is 8.75. The number of rotatable bonds is 5. The van der Waals surface area contributed by atoms with Crippen LogP contribution >= 0.6 is 0 Å². The van der Waals surface area contributed by atoms with Crippen LogP contribution in [0.5, 0.6) is 0 Å². The van der Waals surface area contributed by atoms with Gasteiger partial charge in [0.2, 0.25) is 10.0 Å². The molecule has 0 bridgehead atoms. The van der Waals surface area contributed by atoms with Crippen LogP contribution in [-0.2, 0) is 26.3 Å². The standard InChI is InChI=1S/C11H16N2O4S2/c1-18(14,15)6-7-19(16,17)13-10-2-3-11-9(8-10)4-5-12-11/h2-3,8,12-13H,4-7H2,1H3. The SMILES string of the molecule is CS(=O)(=O)CCS(=O)(=O)Nc1ccc2c(c1)CCN2. The van der Waals surface area contributed by atoms with Crippen molar-refractivity contribution in [3.63, 3.8) is 0 Å². The van der Waals surface area contributed by atoms with Gasteiger partial charge in [-0.3, -0.25) is 4.72 Å². The summed E-state index contributed by atoms with van der Waals surface area (Å²) in [5.74, 6) is -0.810. The first-order valence-electron chi connectivity index (χ1n) is 5.80. The molecule has 8 heteroatoms. The van der Waals surface area contributed by atoms with Crippen molar-refractivity contribution in [2.24, 2.45) is 0 Å². The number of fused-ring (bicyclic) bond motifs is 1. The fourth-order valence-corrected chi connectivity index (χ4v) is 4.54. The van der Waals surface area contributed by atoms with Crippen molar-refractivity contribution in [2.75, 3.05) is 34.3 Å².